The predicted molar refractivity (Wildman–Crippen MR) is 78.7 cm³/mol. The summed E-state index contributed by atoms with van der Waals surface area (Å²) in [6.45, 7) is 0.595. The topological polar surface area (TPSA) is 45.2 Å². The Morgan fingerprint density at radius 2 is 2.19 bits per heavy atom. The maximum absolute atomic E-state index is 13.3. The van der Waals surface area contributed by atoms with E-state index in [1.807, 2.05) is 31.3 Å². The smallest absolute Gasteiger partial charge is 0.259 e. The number of hydrogen-bond acceptors (Lipinski definition) is 3. The van der Waals surface area contributed by atoms with Gasteiger partial charge in [0.05, 0.1) is 11.8 Å². The summed E-state index contributed by atoms with van der Waals surface area (Å²) < 4.78 is 13.3. The number of carbonyl (C=O) groups excluding carboxylic acids is 1. The van der Waals surface area contributed by atoms with Crippen LogP contribution in [0.3, 0.4) is 0 Å². The number of anilines is 1. The van der Waals surface area contributed by atoms with Gasteiger partial charge in [0.25, 0.3) is 5.91 Å². The molecule has 0 fully saturated rings. The number of amides is 1. The van der Waals surface area contributed by atoms with Crippen LogP contribution in [0.4, 0.5) is 10.1 Å². The van der Waals surface area contributed by atoms with Crippen molar-refractivity contribution in [2.24, 2.45) is 0 Å². The standard InChI is InChI=1S/C16H16FN3O/c1-18-14-6-7-20(15-5-3-2-4-13(14)15)16(21)11-8-12(17)10-19-9-11/h2-5,8-10,14,18H,6-7H2,1H3. The zero-order valence-corrected chi connectivity index (χ0v) is 11.7. The van der Waals surface area contributed by atoms with Crippen molar-refractivity contribution in [1.29, 1.82) is 0 Å². The van der Waals surface area contributed by atoms with Crippen LogP contribution in [0.2, 0.25) is 0 Å². The van der Waals surface area contributed by atoms with Gasteiger partial charge in [-0.05, 0) is 31.2 Å². The summed E-state index contributed by atoms with van der Waals surface area (Å²) in [5.41, 5.74) is 2.23. The summed E-state index contributed by atoms with van der Waals surface area (Å²) in [7, 11) is 1.91. The third kappa shape index (κ3) is 2.52. The first-order valence-electron chi connectivity index (χ1n) is 6.89. The highest BCUT2D eigenvalue weighted by Crippen LogP contribution is 2.34. The van der Waals surface area contributed by atoms with Crippen LogP contribution in [0.25, 0.3) is 0 Å². The fourth-order valence-electron chi connectivity index (χ4n) is 2.76. The highest BCUT2D eigenvalue weighted by atomic mass is 19.1. The van der Waals surface area contributed by atoms with Crippen LogP contribution in [0.15, 0.2) is 42.7 Å². The van der Waals surface area contributed by atoms with E-state index in [9.17, 15) is 9.18 Å². The lowest BCUT2D eigenvalue weighted by Crippen LogP contribution is -2.39. The lowest BCUT2D eigenvalue weighted by atomic mass is 9.96. The van der Waals surface area contributed by atoms with Crippen molar-refractivity contribution in [3.63, 3.8) is 0 Å². The van der Waals surface area contributed by atoms with Crippen molar-refractivity contribution in [3.05, 3.63) is 59.7 Å². The average Bonchev–Trinajstić information content (AvgIpc) is 2.53. The van der Waals surface area contributed by atoms with Crippen LogP contribution >= 0.6 is 0 Å². The molecule has 1 amide bonds. The van der Waals surface area contributed by atoms with E-state index < -0.39 is 5.82 Å². The molecule has 1 N–H and O–H groups in total. The molecule has 1 aliphatic heterocycles. The summed E-state index contributed by atoms with van der Waals surface area (Å²) in [5.74, 6) is -0.719. The van der Waals surface area contributed by atoms with Crippen LogP contribution in [0.5, 0.6) is 0 Å². The number of pyridine rings is 1. The normalized spacial score (nSPS) is 17.4. The number of fused-ring (bicyclic) bond motifs is 1. The van der Waals surface area contributed by atoms with Gasteiger partial charge in [0.2, 0.25) is 0 Å². The van der Waals surface area contributed by atoms with E-state index in [0.717, 1.165) is 23.9 Å². The second kappa shape index (κ2) is 5.61. The number of hydrogen-bond donors (Lipinski definition) is 1. The molecule has 1 aromatic heterocycles. The molecule has 1 aliphatic rings. The number of nitrogens with zero attached hydrogens (tertiary/aromatic N) is 2. The third-order valence-corrected chi connectivity index (χ3v) is 3.79. The molecular weight excluding hydrogens is 269 g/mol. The molecule has 0 saturated heterocycles. The number of aromatic nitrogens is 1. The van der Waals surface area contributed by atoms with Crippen LogP contribution in [0.1, 0.15) is 28.4 Å². The van der Waals surface area contributed by atoms with E-state index in [0.29, 0.717) is 6.54 Å². The zero-order chi connectivity index (χ0) is 14.8. The lowest BCUT2D eigenvalue weighted by Gasteiger charge is -2.34. The molecule has 4 nitrogen and oxygen atoms in total. The molecule has 2 aromatic rings. The first kappa shape index (κ1) is 13.7. The molecule has 1 unspecified atom stereocenters. The molecule has 3 rings (SSSR count). The fourth-order valence-corrected chi connectivity index (χ4v) is 2.76. The van der Waals surface area contributed by atoms with E-state index >= 15 is 0 Å². The van der Waals surface area contributed by atoms with Crippen molar-refractivity contribution in [3.8, 4) is 0 Å². The highest BCUT2D eigenvalue weighted by Gasteiger charge is 2.28. The fraction of sp³-hybridized carbons (Fsp3) is 0.250. The van der Waals surface area contributed by atoms with Gasteiger partial charge in [-0.15, -0.1) is 0 Å². The Bertz CT molecular complexity index is 674. The van der Waals surface area contributed by atoms with E-state index in [4.69, 9.17) is 0 Å². The molecule has 2 heterocycles. The molecule has 0 spiro atoms. The molecule has 0 aliphatic carbocycles. The van der Waals surface area contributed by atoms with E-state index in [1.165, 1.54) is 12.3 Å². The molecule has 108 valence electrons. The van der Waals surface area contributed by atoms with Crippen LogP contribution in [-0.4, -0.2) is 24.5 Å². The summed E-state index contributed by atoms with van der Waals surface area (Å²) >= 11 is 0. The maximum Gasteiger partial charge on any atom is 0.259 e. The minimum atomic E-state index is -0.501. The Morgan fingerprint density at radius 3 is 2.95 bits per heavy atom. The Balaban J connectivity index is 1.98. The summed E-state index contributed by atoms with van der Waals surface area (Å²) in [6.07, 6.45) is 3.32. The van der Waals surface area contributed by atoms with Crippen molar-refractivity contribution < 1.29 is 9.18 Å². The van der Waals surface area contributed by atoms with Gasteiger partial charge in [0.1, 0.15) is 5.82 Å². The number of halogens is 1. The second-order valence-electron chi connectivity index (χ2n) is 5.04. The lowest BCUT2D eigenvalue weighted by molar-refractivity contribution is 0.0983. The van der Waals surface area contributed by atoms with Gasteiger partial charge in [-0.2, -0.15) is 0 Å². The van der Waals surface area contributed by atoms with Crippen molar-refractivity contribution in [1.82, 2.24) is 10.3 Å². The second-order valence-corrected chi connectivity index (χ2v) is 5.04. The van der Waals surface area contributed by atoms with Crippen LogP contribution in [0, 0.1) is 5.82 Å². The van der Waals surface area contributed by atoms with Gasteiger partial charge in [-0.1, -0.05) is 18.2 Å². The van der Waals surface area contributed by atoms with Gasteiger partial charge in [-0.3, -0.25) is 9.78 Å². The van der Waals surface area contributed by atoms with Gasteiger partial charge in [0, 0.05) is 24.5 Å². The first-order chi connectivity index (χ1) is 10.2. The van der Waals surface area contributed by atoms with Gasteiger partial charge >= 0.3 is 0 Å². The van der Waals surface area contributed by atoms with E-state index in [1.54, 1.807) is 4.90 Å². The summed E-state index contributed by atoms with van der Waals surface area (Å²) in [5, 5.41) is 3.26. The third-order valence-electron chi connectivity index (χ3n) is 3.79. The van der Waals surface area contributed by atoms with E-state index in [-0.39, 0.29) is 17.5 Å². The number of benzene rings is 1. The molecular formula is C16H16FN3O. The van der Waals surface area contributed by atoms with Gasteiger partial charge in [-0.25, -0.2) is 4.39 Å². The zero-order valence-electron chi connectivity index (χ0n) is 11.7. The molecule has 0 radical (unpaired) electrons. The summed E-state index contributed by atoms with van der Waals surface area (Å²) in [4.78, 5) is 18.1. The first-order valence-corrected chi connectivity index (χ1v) is 6.89. The van der Waals surface area contributed by atoms with Crippen molar-refractivity contribution in [2.45, 2.75) is 12.5 Å². The Kier molecular flexibility index (Phi) is 3.66. The minimum Gasteiger partial charge on any atom is -0.313 e. The summed E-state index contributed by atoms with van der Waals surface area (Å²) in [6, 6.07) is 9.25. The largest absolute Gasteiger partial charge is 0.313 e. The van der Waals surface area contributed by atoms with Gasteiger partial charge in [0.15, 0.2) is 0 Å². The van der Waals surface area contributed by atoms with Crippen LogP contribution in [-0.2, 0) is 0 Å². The number of rotatable bonds is 2. The van der Waals surface area contributed by atoms with Crippen molar-refractivity contribution in [2.75, 3.05) is 18.5 Å². The Hall–Kier alpha value is -2.27. The predicted octanol–water partition coefficient (Wildman–Crippen LogP) is 2.53. The molecule has 1 aromatic carbocycles. The van der Waals surface area contributed by atoms with E-state index in [2.05, 4.69) is 10.3 Å². The molecule has 0 saturated carbocycles. The molecule has 5 heteroatoms. The minimum absolute atomic E-state index is 0.219. The Labute approximate surface area is 122 Å². The molecule has 21 heavy (non-hydrogen) atoms. The molecule has 1 atom stereocenters. The Morgan fingerprint density at radius 1 is 1.38 bits per heavy atom. The number of para-hydroxylation sites is 1. The molecule has 0 bridgehead atoms. The maximum atomic E-state index is 13.3. The van der Waals surface area contributed by atoms with Crippen LogP contribution < -0.4 is 10.2 Å². The highest BCUT2D eigenvalue weighted by molar-refractivity contribution is 6.06. The van der Waals surface area contributed by atoms with Gasteiger partial charge < -0.3 is 10.2 Å². The SMILES string of the molecule is CNC1CCN(C(=O)c2cncc(F)c2)c2ccccc21. The number of carbonyl (C=O) groups is 1. The quantitative estimate of drug-likeness (QED) is 0.922. The number of nitrogens with one attached hydrogen (secondary N) is 1. The average molecular weight is 285 g/mol. The van der Waals surface area contributed by atoms with Crippen molar-refractivity contribution >= 4 is 11.6 Å². The monoisotopic (exact) mass is 285 g/mol.